The van der Waals surface area contributed by atoms with Crippen molar-refractivity contribution in [3.05, 3.63) is 99.9 Å². The summed E-state index contributed by atoms with van der Waals surface area (Å²) in [5.41, 5.74) is 7.72. The maximum atomic E-state index is 12.3. The molecule has 0 fully saturated rings. The first-order valence-corrected chi connectivity index (χ1v) is 14.0. The summed E-state index contributed by atoms with van der Waals surface area (Å²) in [6, 6.07) is 23.6. The van der Waals surface area contributed by atoms with Crippen molar-refractivity contribution in [3.8, 4) is 17.0 Å². The molecule has 0 saturated carbocycles. The van der Waals surface area contributed by atoms with Crippen molar-refractivity contribution in [1.29, 1.82) is 0 Å². The van der Waals surface area contributed by atoms with E-state index in [1.165, 1.54) is 28.7 Å². The van der Waals surface area contributed by atoms with E-state index >= 15 is 0 Å². The number of hydrogen-bond donors (Lipinski definition) is 1. The normalized spacial score (nSPS) is 11.6. The monoisotopic (exact) mass is 549 g/mol. The van der Waals surface area contributed by atoms with Gasteiger partial charge in [0.15, 0.2) is 4.34 Å². The lowest BCUT2D eigenvalue weighted by Gasteiger charge is -2.19. The summed E-state index contributed by atoms with van der Waals surface area (Å²) in [5, 5.41) is 6.78. The average molecular weight is 550 g/mol. The molecule has 1 amide bonds. The standard InChI is InChI=1S/C29H28ClN3O2S2/c1-29(2,3)23-12-8-20(9-13-23)17-35-26-7-5-4-6-22(26)16-31-33-27(34)19-37-28-32-25(18-36-28)21-10-14-24(30)15-11-21/h4-16,18H,17,19H2,1-3H3,(H,33,34)/b31-16+. The second-order valence-electron chi connectivity index (χ2n) is 9.36. The highest BCUT2D eigenvalue weighted by Gasteiger charge is 2.13. The van der Waals surface area contributed by atoms with Gasteiger partial charge < -0.3 is 4.74 Å². The van der Waals surface area contributed by atoms with Crippen LogP contribution in [-0.4, -0.2) is 22.9 Å². The highest BCUT2D eigenvalue weighted by molar-refractivity contribution is 8.01. The molecule has 0 atom stereocenters. The minimum atomic E-state index is -0.207. The summed E-state index contributed by atoms with van der Waals surface area (Å²) in [7, 11) is 0. The Labute approximate surface area is 230 Å². The van der Waals surface area contributed by atoms with Crippen LogP contribution in [0.4, 0.5) is 0 Å². The average Bonchev–Trinajstić information content (AvgIpc) is 3.36. The van der Waals surface area contributed by atoms with Crippen molar-refractivity contribution < 1.29 is 9.53 Å². The van der Waals surface area contributed by atoms with Crippen LogP contribution < -0.4 is 10.2 Å². The first-order chi connectivity index (χ1) is 17.8. The van der Waals surface area contributed by atoms with Gasteiger partial charge >= 0.3 is 0 Å². The first-order valence-electron chi connectivity index (χ1n) is 11.8. The van der Waals surface area contributed by atoms with E-state index in [9.17, 15) is 4.79 Å². The van der Waals surface area contributed by atoms with E-state index in [4.69, 9.17) is 16.3 Å². The number of thiazole rings is 1. The second kappa shape index (κ2) is 12.4. The zero-order valence-corrected chi connectivity index (χ0v) is 23.3. The van der Waals surface area contributed by atoms with Crippen LogP contribution in [0.25, 0.3) is 11.3 Å². The molecule has 4 rings (SSSR count). The van der Waals surface area contributed by atoms with Crippen molar-refractivity contribution in [3.63, 3.8) is 0 Å². The Morgan fingerprint density at radius 2 is 1.81 bits per heavy atom. The van der Waals surface area contributed by atoms with Gasteiger partial charge in [-0.15, -0.1) is 11.3 Å². The largest absolute Gasteiger partial charge is 0.488 e. The Hall–Kier alpha value is -3.13. The molecule has 0 bridgehead atoms. The summed E-state index contributed by atoms with van der Waals surface area (Å²) >= 11 is 8.83. The number of carbonyl (C=O) groups is 1. The molecule has 0 aliphatic rings. The Morgan fingerprint density at radius 3 is 2.54 bits per heavy atom. The lowest BCUT2D eigenvalue weighted by Crippen LogP contribution is -2.19. The van der Waals surface area contributed by atoms with Crippen LogP contribution in [0.5, 0.6) is 5.75 Å². The molecule has 8 heteroatoms. The molecule has 190 valence electrons. The quantitative estimate of drug-likeness (QED) is 0.133. The molecule has 0 aliphatic heterocycles. The smallest absolute Gasteiger partial charge is 0.250 e. The van der Waals surface area contributed by atoms with E-state index in [-0.39, 0.29) is 17.1 Å². The zero-order chi connectivity index (χ0) is 26.3. The highest BCUT2D eigenvalue weighted by atomic mass is 35.5. The van der Waals surface area contributed by atoms with Crippen molar-refractivity contribution >= 4 is 46.8 Å². The van der Waals surface area contributed by atoms with Crippen molar-refractivity contribution in [2.24, 2.45) is 5.10 Å². The zero-order valence-electron chi connectivity index (χ0n) is 20.9. The third-order valence-corrected chi connectivity index (χ3v) is 7.75. The topological polar surface area (TPSA) is 63.6 Å². The number of para-hydroxylation sites is 1. The fourth-order valence-corrected chi connectivity index (χ4v) is 5.14. The molecule has 0 aliphatic carbocycles. The minimum absolute atomic E-state index is 0.117. The summed E-state index contributed by atoms with van der Waals surface area (Å²) in [6.07, 6.45) is 1.60. The van der Waals surface area contributed by atoms with Crippen LogP contribution in [-0.2, 0) is 16.8 Å². The molecular formula is C29H28ClN3O2S2. The molecule has 1 aromatic heterocycles. The maximum Gasteiger partial charge on any atom is 0.250 e. The lowest BCUT2D eigenvalue weighted by molar-refractivity contribution is -0.118. The number of rotatable bonds is 9. The molecule has 3 aromatic carbocycles. The van der Waals surface area contributed by atoms with Crippen LogP contribution in [0.2, 0.25) is 5.02 Å². The Morgan fingerprint density at radius 1 is 1.08 bits per heavy atom. The van der Waals surface area contributed by atoms with E-state index < -0.39 is 0 Å². The molecule has 5 nitrogen and oxygen atoms in total. The third kappa shape index (κ3) is 7.92. The van der Waals surface area contributed by atoms with Gasteiger partial charge in [-0.2, -0.15) is 5.10 Å². The summed E-state index contributed by atoms with van der Waals surface area (Å²) in [5.74, 6) is 0.710. The van der Waals surface area contributed by atoms with Gasteiger partial charge in [0.05, 0.1) is 17.7 Å². The van der Waals surface area contributed by atoms with Crippen molar-refractivity contribution in [2.75, 3.05) is 5.75 Å². The molecule has 1 N–H and O–H groups in total. The maximum absolute atomic E-state index is 12.3. The second-order valence-corrected chi connectivity index (χ2v) is 11.9. The number of nitrogens with zero attached hydrogens (tertiary/aromatic N) is 2. The predicted molar refractivity (Wildman–Crippen MR) is 155 cm³/mol. The summed E-state index contributed by atoms with van der Waals surface area (Å²) in [6.45, 7) is 7.04. The molecular weight excluding hydrogens is 522 g/mol. The van der Waals surface area contributed by atoms with E-state index in [0.717, 1.165) is 26.7 Å². The molecule has 0 spiro atoms. The van der Waals surface area contributed by atoms with Crippen LogP contribution >= 0.6 is 34.7 Å². The molecule has 0 unspecified atom stereocenters. The number of amides is 1. The van der Waals surface area contributed by atoms with Crippen molar-refractivity contribution in [1.82, 2.24) is 10.4 Å². The molecule has 4 aromatic rings. The van der Waals surface area contributed by atoms with Gasteiger partial charge in [0.25, 0.3) is 5.91 Å². The van der Waals surface area contributed by atoms with Gasteiger partial charge in [0.1, 0.15) is 12.4 Å². The number of hydrogen-bond acceptors (Lipinski definition) is 6. The summed E-state index contributed by atoms with van der Waals surface area (Å²) < 4.78 is 6.85. The number of thioether (sulfide) groups is 1. The van der Waals surface area contributed by atoms with Crippen LogP contribution in [0.15, 0.2) is 87.6 Å². The van der Waals surface area contributed by atoms with Gasteiger partial charge in [-0.25, -0.2) is 10.4 Å². The third-order valence-electron chi connectivity index (χ3n) is 5.48. The minimum Gasteiger partial charge on any atom is -0.488 e. The van der Waals surface area contributed by atoms with E-state index in [1.807, 2.05) is 53.9 Å². The number of aromatic nitrogens is 1. The summed E-state index contributed by atoms with van der Waals surface area (Å²) in [4.78, 5) is 16.9. The first kappa shape index (κ1) is 26.9. The number of halogens is 1. The predicted octanol–water partition coefficient (Wildman–Crippen LogP) is 7.58. The number of hydrazone groups is 1. The number of nitrogens with one attached hydrogen (secondary N) is 1. The molecule has 37 heavy (non-hydrogen) atoms. The van der Waals surface area contributed by atoms with Gasteiger partial charge in [-0.3, -0.25) is 4.79 Å². The Balaban J connectivity index is 1.27. The SMILES string of the molecule is CC(C)(C)c1ccc(COc2ccccc2/C=N/NC(=O)CSc2nc(-c3ccc(Cl)cc3)cs2)cc1. The molecule has 0 radical (unpaired) electrons. The van der Waals surface area contributed by atoms with Crippen LogP contribution in [0.1, 0.15) is 37.5 Å². The van der Waals surface area contributed by atoms with Crippen molar-refractivity contribution in [2.45, 2.75) is 37.1 Å². The van der Waals surface area contributed by atoms with E-state index in [2.05, 4.69) is 60.5 Å². The number of benzene rings is 3. The highest BCUT2D eigenvalue weighted by Crippen LogP contribution is 2.29. The van der Waals surface area contributed by atoms with Gasteiger partial charge in [-0.05, 0) is 40.8 Å². The molecule has 0 saturated heterocycles. The number of carbonyl (C=O) groups excluding carboxylic acids is 1. The molecule has 1 heterocycles. The Kier molecular flexibility index (Phi) is 9.03. The van der Waals surface area contributed by atoms with Gasteiger partial charge in [0, 0.05) is 21.5 Å². The lowest BCUT2D eigenvalue weighted by atomic mass is 9.87. The van der Waals surface area contributed by atoms with E-state index in [0.29, 0.717) is 17.4 Å². The van der Waals surface area contributed by atoms with Crippen LogP contribution in [0, 0.1) is 0 Å². The van der Waals surface area contributed by atoms with Crippen LogP contribution in [0.3, 0.4) is 0 Å². The van der Waals surface area contributed by atoms with Gasteiger partial charge in [-0.1, -0.05) is 92.7 Å². The Bertz CT molecular complexity index is 1360. The number of ether oxygens (including phenoxy) is 1. The van der Waals surface area contributed by atoms with E-state index in [1.54, 1.807) is 6.21 Å². The fourth-order valence-electron chi connectivity index (χ4n) is 3.39. The van der Waals surface area contributed by atoms with Gasteiger partial charge in [0.2, 0.25) is 0 Å². The fraction of sp³-hybridized carbons (Fsp3) is 0.207.